The minimum atomic E-state index is 0.725. The molecule has 1 fully saturated rings. The summed E-state index contributed by atoms with van der Waals surface area (Å²) in [6.45, 7) is 5.64. The Balaban J connectivity index is 1.59. The fourth-order valence-electron chi connectivity index (χ4n) is 3.19. The lowest BCUT2D eigenvalue weighted by atomic mass is 10.3. The Bertz CT molecular complexity index is 807. The first kappa shape index (κ1) is 15.7. The van der Waals surface area contributed by atoms with Gasteiger partial charge in [0, 0.05) is 31.2 Å². The van der Waals surface area contributed by atoms with Gasteiger partial charge in [0.15, 0.2) is 11.6 Å². The first-order chi connectivity index (χ1) is 11.8. The maximum absolute atomic E-state index is 6.19. The quantitative estimate of drug-likeness (QED) is 0.707. The summed E-state index contributed by atoms with van der Waals surface area (Å²) in [4.78, 5) is 7.19. The van der Waals surface area contributed by atoms with Crippen LogP contribution in [0.15, 0.2) is 41.0 Å². The fraction of sp³-hybridized carbons (Fsp3) is 0.389. The van der Waals surface area contributed by atoms with Gasteiger partial charge in [-0.05, 0) is 36.8 Å². The van der Waals surface area contributed by atoms with Crippen LogP contribution in [0.3, 0.4) is 0 Å². The molecule has 0 saturated carbocycles. The Morgan fingerprint density at radius 1 is 1.12 bits per heavy atom. The van der Waals surface area contributed by atoms with Gasteiger partial charge >= 0.3 is 0 Å². The van der Waals surface area contributed by atoms with Gasteiger partial charge in [0.25, 0.3) is 0 Å². The minimum absolute atomic E-state index is 0.725. The van der Waals surface area contributed by atoms with Crippen molar-refractivity contribution in [3.63, 3.8) is 0 Å². The highest BCUT2D eigenvalue weighted by Gasteiger charge is 2.16. The van der Waals surface area contributed by atoms with Crippen molar-refractivity contribution < 1.29 is 9.15 Å². The molecule has 1 aliphatic heterocycles. The maximum atomic E-state index is 6.19. The van der Waals surface area contributed by atoms with E-state index in [9.17, 15) is 0 Å². The molecule has 0 atom stereocenters. The van der Waals surface area contributed by atoms with Gasteiger partial charge in [0.1, 0.15) is 0 Å². The van der Waals surface area contributed by atoms with Crippen LogP contribution in [0.5, 0.6) is 0 Å². The number of hydrogen-bond acceptors (Lipinski definition) is 4. The number of rotatable bonds is 5. The molecule has 0 aliphatic carbocycles. The summed E-state index contributed by atoms with van der Waals surface area (Å²) in [5.74, 6) is 1.65. The number of nitrogens with zero attached hydrogens (tertiary/aromatic N) is 3. The number of benzene rings is 1. The molecule has 0 radical (unpaired) electrons. The van der Waals surface area contributed by atoms with Gasteiger partial charge in [-0.1, -0.05) is 11.6 Å². The zero-order valence-electron chi connectivity index (χ0n) is 13.4. The van der Waals surface area contributed by atoms with Gasteiger partial charge in [-0.25, -0.2) is 4.98 Å². The maximum Gasteiger partial charge on any atom is 0.177 e. The molecule has 1 aromatic carbocycles. The Morgan fingerprint density at radius 3 is 2.79 bits per heavy atom. The largest absolute Gasteiger partial charge is 0.461 e. The van der Waals surface area contributed by atoms with Gasteiger partial charge in [0.2, 0.25) is 0 Å². The normalized spacial score (nSPS) is 16.0. The molecule has 3 aromatic rings. The summed E-state index contributed by atoms with van der Waals surface area (Å²) < 4.78 is 13.2. The molecule has 0 spiro atoms. The molecule has 126 valence electrons. The van der Waals surface area contributed by atoms with Crippen molar-refractivity contribution in [2.45, 2.75) is 13.0 Å². The van der Waals surface area contributed by atoms with Crippen LogP contribution in [0, 0.1) is 0 Å². The molecular formula is C18H20ClN3O2. The number of furan rings is 1. The fourth-order valence-corrected chi connectivity index (χ4v) is 3.36. The van der Waals surface area contributed by atoms with Crippen molar-refractivity contribution in [2.24, 2.45) is 0 Å². The van der Waals surface area contributed by atoms with E-state index in [4.69, 9.17) is 25.7 Å². The lowest BCUT2D eigenvalue weighted by Gasteiger charge is -2.26. The minimum Gasteiger partial charge on any atom is -0.461 e. The third-order valence-corrected chi connectivity index (χ3v) is 4.65. The number of aryl methyl sites for hydroxylation is 1. The van der Waals surface area contributed by atoms with Crippen molar-refractivity contribution in [3.8, 4) is 11.6 Å². The second-order valence-corrected chi connectivity index (χ2v) is 6.44. The van der Waals surface area contributed by atoms with Crippen molar-refractivity contribution in [1.29, 1.82) is 0 Å². The van der Waals surface area contributed by atoms with E-state index in [0.717, 1.165) is 73.5 Å². The van der Waals surface area contributed by atoms with Gasteiger partial charge in [-0.2, -0.15) is 0 Å². The average molecular weight is 346 g/mol. The van der Waals surface area contributed by atoms with Gasteiger partial charge in [-0.15, -0.1) is 0 Å². The molecule has 0 amide bonds. The smallest absolute Gasteiger partial charge is 0.177 e. The van der Waals surface area contributed by atoms with Crippen molar-refractivity contribution in [1.82, 2.24) is 14.5 Å². The molecule has 1 aliphatic rings. The topological polar surface area (TPSA) is 43.4 Å². The molecule has 6 heteroatoms. The molecule has 2 aromatic heterocycles. The highest BCUT2D eigenvalue weighted by molar-refractivity contribution is 6.31. The SMILES string of the molecule is Clc1ccc2nc(-c3ccco3)n(CCCN3CCOCC3)c2c1. The third kappa shape index (κ3) is 3.20. The van der Waals surface area contributed by atoms with Crippen LogP contribution in [0.4, 0.5) is 0 Å². The van der Waals surface area contributed by atoms with Crippen LogP contribution in [0.1, 0.15) is 6.42 Å². The second kappa shape index (κ2) is 6.97. The van der Waals surface area contributed by atoms with Crippen molar-refractivity contribution >= 4 is 22.6 Å². The van der Waals surface area contributed by atoms with E-state index in [1.165, 1.54) is 0 Å². The molecule has 3 heterocycles. The van der Waals surface area contributed by atoms with E-state index in [2.05, 4.69) is 9.47 Å². The number of halogens is 1. The Morgan fingerprint density at radius 2 is 2.00 bits per heavy atom. The molecule has 4 rings (SSSR count). The van der Waals surface area contributed by atoms with Crippen LogP contribution >= 0.6 is 11.6 Å². The molecule has 0 N–H and O–H groups in total. The van der Waals surface area contributed by atoms with Gasteiger partial charge in [-0.3, -0.25) is 4.90 Å². The highest BCUT2D eigenvalue weighted by Crippen LogP contribution is 2.27. The predicted molar refractivity (Wildman–Crippen MR) is 94.3 cm³/mol. The predicted octanol–water partition coefficient (Wildman–Crippen LogP) is 3.67. The molecule has 0 bridgehead atoms. The summed E-state index contributed by atoms with van der Waals surface area (Å²) >= 11 is 6.19. The third-order valence-electron chi connectivity index (χ3n) is 4.41. The summed E-state index contributed by atoms with van der Waals surface area (Å²) in [6.07, 6.45) is 2.73. The van der Waals surface area contributed by atoms with Crippen LogP contribution in [-0.4, -0.2) is 47.3 Å². The van der Waals surface area contributed by atoms with E-state index >= 15 is 0 Å². The monoisotopic (exact) mass is 345 g/mol. The van der Waals surface area contributed by atoms with E-state index in [-0.39, 0.29) is 0 Å². The first-order valence-corrected chi connectivity index (χ1v) is 8.69. The van der Waals surface area contributed by atoms with Crippen LogP contribution in [-0.2, 0) is 11.3 Å². The number of morpholine rings is 1. The molecule has 1 saturated heterocycles. The van der Waals surface area contributed by atoms with E-state index in [1.54, 1.807) is 6.26 Å². The summed E-state index contributed by atoms with van der Waals surface area (Å²) in [5, 5.41) is 0.725. The zero-order valence-corrected chi connectivity index (χ0v) is 14.2. The Labute approximate surface area is 145 Å². The lowest BCUT2D eigenvalue weighted by Crippen LogP contribution is -2.37. The lowest BCUT2D eigenvalue weighted by molar-refractivity contribution is 0.0370. The van der Waals surface area contributed by atoms with E-state index in [1.807, 2.05) is 30.3 Å². The first-order valence-electron chi connectivity index (χ1n) is 8.31. The molecule has 24 heavy (non-hydrogen) atoms. The van der Waals surface area contributed by atoms with E-state index in [0.29, 0.717) is 0 Å². The number of imidazole rings is 1. The van der Waals surface area contributed by atoms with Gasteiger partial charge < -0.3 is 13.7 Å². The zero-order chi connectivity index (χ0) is 16.4. The highest BCUT2D eigenvalue weighted by atomic mass is 35.5. The molecule has 5 nitrogen and oxygen atoms in total. The molecular weight excluding hydrogens is 326 g/mol. The number of ether oxygens (including phenoxy) is 1. The van der Waals surface area contributed by atoms with Crippen LogP contribution in [0.25, 0.3) is 22.6 Å². The second-order valence-electron chi connectivity index (χ2n) is 6.00. The number of fused-ring (bicyclic) bond motifs is 1. The average Bonchev–Trinajstić information content (AvgIpc) is 3.24. The summed E-state index contributed by atoms with van der Waals surface area (Å²) in [7, 11) is 0. The Kier molecular flexibility index (Phi) is 4.56. The van der Waals surface area contributed by atoms with Crippen LogP contribution in [0.2, 0.25) is 5.02 Å². The number of aromatic nitrogens is 2. The van der Waals surface area contributed by atoms with Crippen LogP contribution < -0.4 is 0 Å². The van der Waals surface area contributed by atoms with Gasteiger partial charge in [0.05, 0.1) is 30.5 Å². The standard InChI is InChI=1S/C18H20ClN3O2/c19-14-4-5-15-16(13-14)22(18(20-15)17-3-1-10-24-17)7-2-6-21-8-11-23-12-9-21/h1,3-5,10,13H,2,6-9,11-12H2. The van der Waals surface area contributed by atoms with Crippen molar-refractivity contribution in [3.05, 3.63) is 41.6 Å². The van der Waals surface area contributed by atoms with Crippen molar-refractivity contribution in [2.75, 3.05) is 32.8 Å². The molecule has 0 unspecified atom stereocenters. The van der Waals surface area contributed by atoms with E-state index < -0.39 is 0 Å². The summed E-state index contributed by atoms with van der Waals surface area (Å²) in [6, 6.07) is 9.65. The Hall–Kier alpha value is -1.82. The summed E-state index contributed by atoms with van der Waals surface area (Å²) in [5.41, 5.74) is 1.99. The number of hydrogen-bond donors (Lipinski definition) is 0.